The zero-order valence-electron chi connectivity index (χ0n) is 29.0. The maximum absolute atomic E-state index is 11.2. The molecule has 3 saturated heterocycles. The Morgan fingerprint density at radius 2 is 1.28 bits per heavy atom. The molecule has 7 rings (SSSR count). The van der Waals surface area contributed by atoms with Gasteiger partial charge in [-0.1, -0.05) is 0 Å². The topological polar surface area (TPSA) is 194 Å². The summed E-state index contributed by atoms with van der Waals surface area (Å²) >= 11 is 3.48. The molecule has 266 valence electrons. The molecule has 0 atom stereocenters. The average Bonchev–Trinajstić information content (AvgIpc) is 3.88. The Morgan fingerprint density at radius 1 is 0.780 bits per heavy atom. The number of nitrogens with zero attached hydrogens (tertiary/aromatic N) is 6. The van der Waals surface area contributed by atoms with Crippen LogP contribution >= 0.6 is 15.9 Å². The van der Waals surface area contributed by atoms with Crippen molar-refractivity contribution in [1.82, 2.24) is 30.4 Å². The molecular weight excluding hydrogens is 703 g/mol. The van der Waals surface area contributed by atoms with E-state index < -0.39 is 0 Å². The largest absolute Gasteiger partial charge is 0.498 e. The first-order chi connectivity index (χ1) is 23.9. The van der Waals surface area contributed by atoms with Gasteiger partial charge in [-0.2, -0.15) is 10.2 Å². The summed E-state index contributed by atoms with van der Waals surface area (Å²) < 4.78 is 12.6. The third-order valence-electron chi connectivity index (χ3n) is 9.88. The fourth-order valence-electron chi connectivity index (χ4n) is 6.09. The first-order valence-electron chi connectivity index (χ1n) is 16.8. The number of hydrogen-bond donors (Lipinski definition) is 4. The highest BCUT2D eigenvalue weighted by atomic mass is 79.9. The molecule has 14 nitrogen and oxygen atoms in total. The molecular formula is C34H46BBrN10O4. The van der Waals surface area contributed by atoms with E-state index in [1.54, 1.807) is 37.2 Å². The predicted octanol–water partition coefficient (Wildman–Crippen LogP) is 3.43. The molecule has 0 aromatic carbocycles. The molecule has 6 N–H and O–H groups in total. The zero-order chi connectivity index (χ0) is 35.9. The normalized spacial score (nSPS) is 18.9. The van der Waals surface area contributed by atoms with E-state index >= 15 is 0 Å². The monoisotopic (exact) mass is 748 g/mol. The van der Waals surface area contributed by atoms with E-state index in [9.17, 15) is 9.59 Å². The number of nitrogens with one attached hydrogen (secondary N) is 2. The van der Waals surface area contributed by atoms with Crippen molar-refractivity contribution in [2.24, 2.45) is 23.3 Å². The minimum Gasteiger partial charge on any atom is -0.399 e. The Balaban J connectivity index is 0.000000148. The maximum Gasteiger partial charge on any atom is 0.498 e. The fourth-order valence-corrected chi connectivity index (χ4v) is 6.59. The molecule has 0 unspecified atom stereocenters. The number of halogens is 1. The Hall–Kier alpha value is -4.28. The van der Waals surface area contributed by atoms with Gasteiger partial charge in [-0.15, -0.1) is 0 Å². The minimum atomic E-state index is -0.307. The molecule has 0 spiro atoms. The van der Waals surface area contributed by atoms with Crippen molar-refractivity contribution in [2.45, 2.75) is 64.6 Å². The van der Waals surface area contributed by atoms with Crippen LogP contribution in [0.1, 0.15) is 53.4 Å². The van der Waals surface area contributed by atoms with Gasteiger partial charge in [0, 0.05) is 104 Å². The molecule has 16 heteroatoms. The van der Waals surface area contributed by atoms with Gasteiger partial charge in [0.2, 0.25) is 11.8 Å². The van der Waals surface area contributed by atoms with Gasteiger partial charge in [-0.25, -0.2) is 0 Å². The van der Waals surface area contributed by atoms with Gasteiger partial charge in [0.1, 0.15) is 0 Å². The van der Waals surface area contributed by atoms with Gasteiger partial charge in [-0.05, 0) is 81.4 Å². The lowest BCUT2D eigenvalue weighted by Gasteiger charge is -2.33. The summed E-state index contributed by atoms with van der Waals surface area (Å²) in [6, 6.07) is 3.99. The van der Waals surface area contributed by atoms with Crippen LogP contribution in [0.3, 0.4) is 0 Å². The number of rotatable bonds is 6. The smallest absolute Gasteiger partial charge is 0.399 e. The molecule has 7 heterocycles. The van der Waals surface area contributed by atoms with Gasteiger partial charge in [-0.3, -0.25) is 29.8 Å². The number of carbonyl (C=O) groups excluding carboxylic acids is 2. The highest BCUT2D eigenvalue weighted by Gasteiger charge is 2.52. The summed E-state index contributed by atoms with van der Waals surface area (Å²) in [5.74, 6) is -0.315. The van der Waals surface area contributed by atoms with Crippen molar-refractivity contribution in [3.63, 3.8) is 0 Å². The second kappa shape index (κ2) is 16.2. The number of amides is 2. The highest BCUT2D eigenvalue weighted by molar-refractivity contribution is 9.10. The van der Waals surface area contributed by atoms with E-state index in [0.717, 1.165) is 84.3 Å². The number of nitrogens with two attached hydrogens (primary N) is 2. The number of pyridine rings is 2. The molecule has 0 saturated carbocycles. The van der Waals surface area contributed by atoms with Crippen molar-refractivity contribution in [3.8, 4) is 11.1 Å². The summed E-state index contributed by atoms with van der Waals surface area (Å²) in [5.41, 5.74) is 15.4. The molecule has 3 aliphatic heterocycles. The van der Waals surface area contributed by atoms with E-state index in [4.69, 9.17) is 20.8 Å². The number of hydrogen-bond acceptors (Lipinski definition) is 10. The van der Waals surface area contributed by atoms with Gasteiger partial charge in [0.25, 0.3) is 0 Å². The molecule has 3 fully saturated rings. The molecule has 0 bridgehead atoms. The van der Waals surface area contributed by atoms with Crippen molar-refractivity contribution in [1.29, 1.82) is 0 Å². The number of carbonyl (C=O) groups is 2. The lowest BCUT2D eigenvalue weighted by molar-refractivity contribution is -0.123. The first kappa shape index (κ1) is 37.0. The fraction of sp³-hybridized carbons (Fsp3) is 0.471. The molecule has 4 aromatic rings. The van der Waals surface area contributed by atoms with E-state index in [1.807, 2.05) is 52.2 Å². The Morgan fingerprint density at radius 3 is 1.76 bits per heavy atom. The van der Waals surface area contributed by atoms with Crippen LogP contribution in [0.5, 0.6) is 0 Å². The van der Waals surface area contributed by atoms with E-state index in [-0.39, 0.29) is 42.0 Å². The van der Waals surface area contributed by atoms with Crippen LogP contribution < -0.4 is 26.7 Å². The second-order valence-corrected chi connectivity index (χ2v) is 14.5. The lowest BCUT2D eigenvalue weighted by atomic mass is 9.82. The van der Waals surface area contributed by atoms with Crippen LogP contribution in [0.25, 0.3) is 11.1 Å². The average molecular weight is 750 g/mol. The number of primary amides is 2. The summed E-state index contributed by atoms with van der Waals surface area (Å²) in [4.78, 5) is 35.0. The third-order valence-corrected chi connectivity index (χ3v) is 10.5. The van der Waals surface area contributed by atoms with Crippen LogP contribution in [0.2, 0.25) is 0 Å². The van der Waals surface area contributed by atoms with Crippen molar-refractivity contribution in [2.75, 3.05) is 36.0 Å². The standard InChI is InChI=1S/C14H17N5O.C11H14BrN3O.C9H15BN2O2/c15-14(20)10-2-5-19(6-3-10)13-1-4-16-9-12(13)11-7-17-18-8-11;12-9-7-14-4-1-10(9)15-5-2-8(3-6-15)11(13)16;1-8(2)9(3,4)14-10(13-8)7-5-11-12-6-7/h1,4,7-10H,2-3,5-6H2,(H2,15,20)(H,17,18);1,4,7-8H,2-3,5-6H2,(H2,13,16);5-6H,1-4H3,(H,11,12). The zero-order valence-corrected chi connectivity index (χ0v) is 30.6. The Kier molecular flexibility index (Phi) is 12.0. The molecule has 0 radical (unpaired) electrons. The van der Waals surface area contributed by atoms with Crippen LogP contribution in [-0.4, -0.2) is 86.7 Å². The number of aromatic nitrogens is 6. The number of H-pyrrole nitrogens is 2. The van der Waals surface area contributed by atoms with Crippen molar-refractivity contribution < 1.29 is 18.9 Å². The van der Waals surface area contributed by atoms with Gasteiger partial charge in [0.15, 0.2) is 0 Å². The highest BCUT2D eigenvalue weighted by Crippen LogP contribution is 2.36. The van der Waals surface area contributed by atoms with E-state index in [0.29, 0.717) is 0 Å². The Bertz CT molecular complexity index is 1670. The first-order valence-corrected chi connectivity index (χ1v) is 17.6. The maximum atomic E-state index is 11.2. The van der Waals surface area contributed by atoms with E-state index in [2.05, 4.69) is 56.1 Å². The summed E-state index contributed by atoms with van der Waals surface area (Å²) in [6.07, 6.45) is 17.7. The summed E-state index contributed by atoms with van der Waals surface area (Å²) in [6.45, 7) is 11.6. The molecule has 3 aliphatic rings. The third kappa shape index (κ3) is 8.90. The number of aromatic amines is 2. The van der Waals surface area contributed by atoms with Gasteiger partial charge < -0.3 is 30.6 Å². The molecule has 2 amide bonds. The minimum absolute atomic E-state index is 0.00506. The Labute approximate surface area is 301 Å². The van der Waals surface area contributed by atoms with Crippen LogP contribution in [0.4, 0.5) is 11.4 Å². The number of piperidine rings is 2. The van der Waals surface area contributed by atoms with Gasteiger partial charge in [0.05, 0.1) is 27.6 Å². The van der Waals surface area contributed by atoms with Crippen LogP contribution in [0, 0.1) is 11.8 Å². The molecule has 0 aliphatic carbocycles. The second-order valence-electron chi connectivity index (χ2n) is 13.7. The lowest BCUT2D eigenvalue weighted by Crippen LogP contribution is -2.41. The van der Waals surface area contributed by atoms with Crippen molar-refractivity contribution in [3.05, 3.63) is 66.2 Å². The van der Waals surface area contributed by atoms with Crippen LogP contribution in [-0.2, 0) is 18.9 Å². The molecule has 4 aromatic heterocycles. The van der Waals surface area contributed by atoms with Crippen molar-refractivity contribution >= 4 is 51.7 Å². The van der Waals surface area contributed by atoms with Crippen LogP contribution in [0.15, 0.2) is 66.2 Å². The number of anilines is 2. The van der Waals surface area contributed by atoms with E-state index in [1.165, 1.54) is 0 Å². The predicted molar refractivity (Wildman–Crippen MR) is 196 cm³/mol. The van der Waals surface area contributed by atoms with Gasteiger partial charge >= 0.3 is 7.12 Å². The quantitative estimate of drug-likeness (QED) is 0.212. The summed E-state index contributed by atoms with van der Waals surface area (Å²) in [5, 5.41) is 13.4. The molecule has 50 heavy (non-hydrogen) atoms. The SMILES string of the molecule is CC1(C)OB(c2cn[nH]c2)OC1(C)C.NC(=O)C1CCN(c2ccncc2-c2cn[nH]c2)CC1.NC(=O)C1CCN(c2ccncc2Br)CC1. The summed E-state index contributed by atoms with van der Waals surface area (Å²) in [7, 11) is -0.307.